The minimum atomic E-state index is -3.56. The molecule has 0 amide bonds. The quantitative estimate of drug-likeness (QED) is 0.690. The highest BCUT2D eigenvalue weighted by Crippen LogP contribution is 2.07. The molecule has 0 aliphatic heterocycles. The van der Waals surface area contributed by atoms with Crippen LogP contribution in [0.1, 0.15) is 26.1 Å². The van der Waals surface area contributed by atoms with Gasteiger partial charge < -0.3 is 10.1 Å². The third kappa shape index (κ3) is 3.58. The molecule has 0 saturated heterocycles. The number of H-pyrrole nitrogens is 1. The van der Waals surface area contributed by atoms with Crippen LogP contribution in [0.2, 0.25) is 0 Å². The smallest absolute Gasteiger partial charge is 0.257 e. The van der Waals surface area contributed by atoms with E-state index in [1.54, 1.807) is 20.8 Å². The summed E-state index contributed by atoms with van der Waals surface area (Å²) in [6, 6.07) is -0.325. The van der Waals surface area contributed by atoms with Gasteiger partial charge in [0.2, 0.25) is 0 Å². The maximum Gasteiger partial charge on any atom is 0.257 e. The Balaban J connectivity index is 2.73. The van der Waals surface area contributed by atoms with E-state index < -0.39 is 16.1 Å². The van der Waals surface area contributed by atoms with Crippen LogP contribution in [0.3, 0.4) is 0 Å². The standard InChI is InChI=1S/C9H17N3O3S/c1-6(4-7(2)13)12-16(14,15)9-5-10-8(3)11-9/h5-7,12-13H,4H2,1-3H3,(H,10,11). The summed E-state index contributed by atoms with van der Waals surface area (Å²) in [5, 5.41) is 9.18. The molecule has 92 valence electrons. The number of aliphatic hydroxyl groups excluding tert-OH is 1. The van der Waals surface area contributed by atoms with E-state index in [0.717, 1.165) is 0 Å². The van der Waals surface area contributed by atoms with Crippen molar-refractivity contribution in [2.75, 3.05) is 0 Å². The lowest BCUT2D eigenvalue weighted by Crippen LogP contribution is -2.34. The van der Waals surface area contributed by atoms with Gasteiger partial charge in [-0.15, -0.1) is 0 Å². The lowest BCUT2D eigenvalue weighted by atomic mass is 10.2. The molecule has 2 atom stereocenters. The number of hydrogen-bond acceptors (Lipinski definition) is 4. The monoisotopic (exact) mass is 247 g/mol. The van der Waals surface area contributed by atoms with Crippen molar-refractivity contribution in [3.8, 4) is 0 Å². The van der Waals surface area contributed by atoms with E-state index in [-0.39, 0.29) is 11.1 Å². The van der Waals surface area contributed by atoms with Gasteiger partial charge in [0.25, 0.3) is 10.0 Å². The van der Waals surface area contributed by atoms with E-state index in [1.165, 1.54) is 6.20 Å². The summed E-state index contributed by atoms with van der Waals surface area (Å²) in [6.45, 7) is 5.00. The normalized spacial score (nSPS) is 16.0. The fourth-order valence-electron chi connectivity index (χ4n) is 1.42. The van der Waals surface area contributed by atoms with Gasteiger partial charge in [-0.1, -0.05) is 0 Å². The number of sulfonamides is 1. The number of aromatic amines is 1. The first-order chi connectivity index (χ1) is 7.31. The third-order valence-corrected chi connectivity index (χ3v) is 3.52. The van der Waals surface area contributed by atoms with Crippen LogP contribution in [0.15, 0.2) is 11.2 Å². The van der Waals surface area contributed by atoms with E-state index in [1.807, 2.05) is 0 Å². The predicted molar refractivity (Wildman–Crippen MR) is 59.4 cm³/mol. The molecule has 0 aliphatic rings. The van der Waals surface area contributed by atoms with Crippen LogP contribution in [0, 0.1) is 6.92 Å². The Morgan fingerprint density at radius 3 is 2.62 bits per heavy atom. The van der Waals surface area contributed by atoms with Crippen molar-refractivity contribution in [3.05, 3.63) is 12.0 Å². The first kappa shape index (κ1) is 13.1. The SMILES string of the molecule is Cc1ncc(S(=O)(=O)NC(C)CC(C)O)[nH]1. The molecule has 2 unspecified atom stereocenters. The average Bonchev–Trinajstić information content (AvgIpc) is 2.49. The molecule has 1 rings (SSSR count). The summed E-state index contributed by atoms with van der Waals surface area (Å²) in [6.07, 6.45) is 1.10. The average molecular weight is 247 g/mol. The Labute approximate surface area is 95.2 Å². The van der Waals surface area contributed by atoms with Gasteiger partial charge >= 0.3 is 0 Å². The first-order valence-corrected chi connectivity index (χ1v) is 6.51. The molecule has 0 bridgehead atoms. The number of rotatable bonds is 5. The summed E-state index contributed by atoms with van der Waals surface area (Å²) in [7, 11) is -3.56. The lowest BCUT2D eigenvalue weighted by molar-refractivity contribution is 0.175. The minimum absolute atomic E-state index is 0.0439. The van der Waals surface area contributed by atoms with Gasteiger partial charge in [0.15, 0.2) is 5.03 Å². The van der Waals surface area contributed by atoms with Crippen LogP contribution >= 0.6 is 0 Å². The van der Waals surface area contributed by atoms with Crippen LogP contribution in [0.4, 0.5) is 0 Å². The summed E-state index contributed by atoms with van der Waals surface area (Å²) >= 11 is 0. The van der Waals surface area contributed by atoms with E-state index in [9.17, 15) is 8.42 Å². The van der Waals surface area contributed by atoms with Crippen molar-refractivity contribution in [2.45, 2.75) is 44.4 Å². The number of nitrogens with one attached hydrogen (secondary N) is 2. The van der Waals surface area contributed by atoms with Crippen LogP contribution in [-0.2, 0) is 10.0 Å². The molecule has 7 heteroatoms. The summed E-state index contributed by atoms with van der Waals surface area (Å²) in [5.74, 6) is 0.545. The van der Waals surface area contributed by atoms with Gasteiger partial charge in [0.1, 0.15) is 5.82 Å². The molecule has 3 N–H and O–H groups in total. The number of aliphatic hydroxyl groups is 1. The summed E-state index contributed by atoms with van der Waals surface area (Å²) < 4.78 is 26.0. The molecule has 1 aromatic rings. The second-order valence-electron chi connectivity index (χ2n) is 3.94. The number of aromatic nitrogens is 2. The largest absolute Gasteiger partial charge is 0.393 e. The zero-order valence-electron chi connectivity index (χ0n) is 9.56. The summed E-state index contributed by atoms with van der Waals surface area (Å²) in [4.78, 5) is 6.48. The second kappa shape index (κ2) is 4.94. The third-order valence-electron chi connectivity index (χ3n) is 2.02. The zero-order chi connectivity index (χ0) is 12.3. The Kier molecular flexibility index (Phi) is 4.06. The predicted octanol–water partition coefficient (Wildman–Crippen LogP) is 0.156. The van der Waals surface area contributed by atoms with Crippen molar-refractivity contribution >= 4 is 10.0 Å². The highest BCUT2D eigenvalue weighted by atomic mass is 32.2. The maximum absolute atomic E-state index is 11.8. The molecule has 1 aromatic heterocycles. The van der Waals surface area contributed by atoms with Crippen molar-refractivity contribution in [1.29, 1.82) is 0 Å². The van der Waals surface area contributed by atoms with Crippen LogP contribution in [0.25, 0.3) is 0 Å². The van der Waals surface area contributed by atoms with E-state index >= 15 is 0 Å². The zero-order valence-corrected chi connectivity index (χ0v) is 10.4. The number of nitrogens with zero attached hydrogens (tertiary/aromatic N) is 1. The molecule has 16 heavy (non-hydrogen) atoms. The van der Waals surface area contributed by atoms with E-state index in [2.05, 4.69) is 14.7 Å². The van der Waals surface area contributed by atoms with Gasteiger partial charge in [-0.05, 0) is 27.2 Å². The fourth-order valence-corrected chi connectivity index (χ4v) is 2.65. The first-order valence-electron chi connectivity index (χ1n) is 5.03. The lowest BCUT2D eigenvalue weighted by Gasteiger charge is -2.14. The molecule has 0 aromatic carbocycles. The Hall–Kier alpha value is -0.920. The number of imidazole rings is 1. The van der Waals surface area contributed by atoms with Crippen LogP contribution < -0.4 is 4.72 Å². The van der Waals surface area contributed by atoms with Crippen LogP contribution in [0.5, 0.6) is 0 Å². The van der Waals surface area contributed by atoms with Crippen molar-refractivity contribution in [3.63, 3.8) is 0 Å². The van der Waals surface area contributed by atoms with Gasteiger partial charge in [0.05, 0.1) is 12.3 Å². The van der Waals surface area contributed by atoms with Gasteiger partial charge in [0, 0.05) is 6.04 Å². The molecule has 0 fully saturated rings. The molecule has 0 radical (unpaired) electrons. The van der Waals surface area contributed by atoms with Gasteiger partial charge in [-0.3, -0.25) is 0 Å². The van der Waals surface area contributed by atoms with E-state index in [0.29, 0.717) is 12.2 Å². The fraction of sp³-hybridized carbons (Fsp3) is 0.667. The van der Waals surface area contributed by atoms with Crippen LogP contribution in [-0.4, -0.2) is 35.6 Å². The Morgan fingerprint density at radius 1 is 1.56 bits per heavy atom. The summed E-state index contributed by atoms with van der Waals surface area (Å²) in [5.41, 5.74) is 0. The Bertz CT molecular complexity index is 439. The van der Waals surface area contributed by atoms with E-state index in [4.69, 9.17) is 5.11 Å². The topological polar surface area (TPSA) is 95.1 Å². The van der Waals surface area contributed by atoms with Crippen molar-refractivity contribution in [2.24, 2.45) is 0 Å². The highest BCUT2D eigenvalue weighted by Gasteiger charge is 2.19. The molecule has 0 saturated carbocycles. The molecule has 6 nitrogen and oxygen atoms in total. The highest BCUT2D eigenvalue weighted by molar-refractivity contribution is 7.89. The maximum atomic E-state index is 11.8. The van der Waals surface area contributed by atoms with Gasteiger partial charge in [-0.25, -0.2) is 18.1 Å². The molecule has 1 heterocycles. The molecular formula is C9H17N3O3S. The minimum Gasteiger partial charge on any atom is -0.393 e. The van der Waals surface area contributed by atoms with Crippen molar-refractivity contribution in [1.82, 2.24) is 14.7 Å². The number of hydrogen-bond donors (Lipinski definition) is 3. The molecular weight excluding hydrogens is 230 g/mol. The molecule has 0 aliphatic carbocycles. The Morgan fingerprint density at radius 2 is 2.19 bits per heavy atom. The number of aryl methyl sites for hydroxylation is 1. The van der Waals surface area contributed by atoms with Crippen molar-refractivity contribution < 1.29 is 13.5 Å². The second-order valence-corrected chi connectivity index (χ2v) is 5.62. The van der Waals surface area contributed by atoms with Gasteiger partial charge in [-0.2, -0.15) is 0 Å². The molecule has 0 spiro atoms.